The number of benzene rings is 1. The van der Waals surface area contributed by atoms with Crippen LogP contribution < -0.4 is 5.32 Å². The number of Topliss-reactive ketones (excluding diaryl/α,β-unsaturated/α-hetero) is 1. The van der Waals surface area contributed by atoms with Crippen LogP contribution in [0.3, 0.4) is 0 Å². The van der Waals surface area contributed by atoms with Gasteiger partial charge < -0.3 is 10.1 Å². The van der Waals surface area contributed by atoms with Crippen LogP contribution in [0.5, 0.6) is 0 Å². The van der Waals surface area contributed by atoms with Gasteiger partial charge in [0.15, 0.2) is 10.9 Å². The number of aromatic nitrogens is 1. The summed E-state index contributed by atoms with van der Waals surface area (Å²) < 4.78 is 5.33. The molecule has 1 N–H and O–H groups in total. The van der Waals surface area contributed by atoms with E-state index in [1.165, 1.54) is 11.3 Å². The first-order chi connectivity index (χ1) is 12.6. The molecular formula is C18H20ClN3O3S. The van der Waals surface area contributed by atoms with Crippen molar-refractivity contribution in [2.75, 3.05) is 31.6 Å². The average molecular weight is 394 g/mol. The van der Waals surface area contributed by atoms with Crippen LogP contribution >= 0.6 is 22.9 Å². The number of thiazole rings is 1. The number of morpholine rings is 1. The van der Waals surface area contributed by atoms with Crippen LogP contribution in [0.1, 0.15) is 28.9 Å². The second-order valence-electron chi connectivity index (χ2n) is 6.01. The Bertz CT molecular complexity index is 757. The minimum atomic E-state index is -0.209. The molecule has 0 aliphatic carbocycles. The monoisotopic (exact) mass is 393 g/mol. The number of rotatable bonds is 7. The maximum Gasteiger partial charge on any atom is 0.226 e. The molecule has 0 unspecified atom stereocenters. The molecule has 0 saturated carbocycles. The van der Waals surface area contributed by atoms with Crippen molar-refractivity contribution in [2.24, 2.45) is 0 Å². The number of carbonyl (C=O) groups excluding carboxylic acids is 2. The van der Waals surface area contributed by atoms with Gasteiger partial charge in [0.25, 0.3) is 0 Å². The molecule has 1 saturated heterocycles. The third-order valence-corrected chi connectivity index (χ3v) is 5.09. The number of halogens is 1. The van der Waals surface area contributed by atoms with E-state index in [2.05, 4.69) is 15.2 Å². The number of amides is 1. The van der Waals surface area contributed by atoms with Crippen molar-refractivity contribution < 1.29 is 14.3 Å². The van der Waals surface area contributed by atoms with E-state index in [1.807, 2.05) is 5.38 Å². The lowest BCUT2D eigenvalue weighted by Crippen LogP contribution is -2.35. The third kappa shape index (κ3) is 5.60. The molecule has 0 radical (unpaired) electrons. The van der Waals surface area contributed by atoms with Gasteiger partial charge in [-0.2, -0.15) is 0 Å². The Balaban J connectivity index is 1.44. The van der Waals surface area contributed by atoms with E-state index in [1.54, 1.807) is 24.3 Å². The Kier molecular flexibility index (Phi) is 6.73. The summed E-state index contributed by atoms with van der Waals surface area (Å²) in [5.74, 6) is -0.288. The van der Waals surface area contributed by atoms with E-state index in [0.29, 0.717) is 15.7 Å². The predicted molar refractivity (Wildman–Crippen MR) is 102 cm³/mol. The average Bonchev–Trinajstić information content (AvgIpc) is 3.08. The molecule has 0 atom stereocenters. The molecule has 1 aromatic carbocycles. The lowest BCUT2D eigenvalue weighted by molar-refractivity contribution is -0.116. The largest absolute Gasteiger partial charge is 0.379 e. The normalized spacial score (nSPS) is 15.0. The number of ketones is 1. The first-order valence-corrected chi connectivity index (χ1v) is 9.69. The van der Waals surface area contributed by atoms with Crippen molar-refractivity contribution in [1.29, 1.82) is 0 Å². The second-order valence-corrected chi connectivity index (χ2v) is 7.31. The fourth-order valence-electron chi connectivity index (χ4n) is 2.61. The summed E-state index contributed by atoms with van der Waals surface area (Å²) in [5.41, 5.74) is 1.49. The minimum Gasteiger partial charge on any atom is -0.379 e. The highest BCUT2D eigenvalue weighted by molar-refractivity contribution is 7.13. The number of ether oxygens (including phenoxy) is 1. The first kappa shape index (κ1) is 19.0. The van der Waals surface area contributed by atoms with Crippen LogP contribution in [0.25, 0.3) is 0 Å². The van der Waals surface area contributed by atoms with Crippen molar-refractivity contribution in [3.05, 3.63) is 45.9 Å². The Morgan fingerprint density at radius 2 is 1.92 bits per heavy atom. The molecule has 0 bridgehead atoms. The van der Waals surface area contributed by atoms with Gasteiger partial charge in [0.1, 0.15) is 0 Å². The number of hydrogen-bond acceptors (Lipinski definition) is 6. The van der Waals surface area contributed by atoms with E-state index in [4.69, 9.17) is 16.3 Å². The second kappa shape index (κ2) is 9.23. The molecular weight excluding hydrogens is 374 g/mol. The summed E-state index contributed by atoms with van der Waals surface area (Å²) in [5, 5.41) is 5.86. The molecule has 3 rings (SSSR count). The zero-order valence-electron chi connectivity index (χ0n) is 14.2. The maximum atomic E-state index is 12.1. The quantitative estimate of drug-likeness (QED) is 0.731. The smallest absolute Gasteiger partial charge is 0.226 e. The van der Waals surface area contributed by atoms with Crippen LogP contribution in [0.4, 0.5) is 5.13 Å². The number of nitrogens with zero attached hydrogens (tertiary/aromatic N) is 2. The summed E-state index contributed by atoms with van der Waals surface area (Å²) >= 11 is 7.21. The van der Waals surface area contributed by atoms with Crippen molar-refractivity contribution in [2.45, 2.75) is 19.4 Å². The fraction of sp³-hybridized carbons (Fsp3) is 0.389. The molecule has 26 heavy (non-hydrogen) atoms. The Labute approximate surface area is 161 Å². The van der Waals surface area contributed by atoms with Gasteiger partial charge in [-0.3, -0.25) is 14.5 Å². The number of nitrogens with one attached hydrogen (secondary N) is 1. The van der Waals surface area contributed by atoms with E-state index < -0.39 is 0 Å². The van der Waals surface area contributed by atoms with Gasteiger partial charge in [-0.25, -0.2) is 4.98 Å². The number of anilines is 1. The van der Waals surface area contributed by atoms with Gasteiger partial charge in [0.2, 0.25) is 5.91 Å². The van der Waals surface area contributed by atoms with Crippen molar-refractivity contribution >= 4 is 39.8 Å². The summed E-state index contributed by atoms with van der Waals surface area (Å²) in [7, 11) is 0. The SMILES string of the molecule is O=C(CCC(=O)c1ccc(Cl)cc1)Nc1nc(CN2CCOCC2)cs1. The Hall–Kier alpha value is -1.80. The molecule has 1 aromatic heterocycles. The zero-order chi connectivity index (χ0) is 18.4. The van der Waals surface area contributed by atoms with Gasteiger partial charge >= 0.3 is 0 Å². The summed E-state index contributed by atoms with van der Waals surface area (Å²) in [6.45, 7) is 4.04. The highest BCUT2D eigenvalue weighted by Crippen LogP contribution is 2.18. The lowest BCUT2D eigenvalue weighted by Gasteiger charge is -2.25. The van der Waals surface area contributed by atoms with Crippen molar-refractivity contribution in [1.82, 2.24) is 9.88 Å². The van der Waals surface area contributed by atoms with E-state index in [0.717, 1.165) is 38.5 Å². The van der Waals surface area contributed by atoms with Gasteiger partial charge in [-0.05, 0) is 24.3 Å². The highest BCUT2D eigenvalue weighted by atomic mass is 35.5. The van der Waals surface area contributed by atoms with Gasteiger partial charge in [-0.15, -0.1) is 11.3 Å². The summed E-state index contributed by atoms with van der Waals surface area (Å²) in [6.07, 6.45) is 0.277. The molecule has 2 heterocycles. The van der Waals surface area contributed by atoms with Crippen LogP contribution in [0.2, 0.25) is 5.02 Å². The van der Waals surface area contributed by atoms with Crippen molar-refractivity contribution in [3.63, 3.8) is 0 Å². The van der Waals surface area contributed by atoms with E-state index in [-0.39, 0.29) is 24.5 Å². The summed E-state index contributed by atoms with van der Waals surface area (Å²) in [4.78, 5) is 30.9. The van der Waals surface area contributed by atoms with Gasteiger partial charge in [0, 0.05) is 48.4 Å². The molecule has 0 spiro atoms. The molecule has 1 amide bonds. The first-order valence-electron chi connectivity index (χ1n) is 8.43. The third-order valence-electron chi connectivity index (χ3n) is 4.03. The van der Waals surface area contributed by atoms with Gasteiger partial charge in [-0.1, -0.05) is 11.6 Å². The molecule has 1 fully saturated rings. The molecule has 2 aromatic rings. The van der Waals surface area contributed by atoms with Crippen molar-refractivity contribution in [3.8, 4) is 0 Å². The Morgan fingerprint density at radius 1 is 1.19 bits per heavy atom. The topological polar surface area (TPSA) is 71.5 Å². The Morgan fingerprint density at radius 3 is 2.65 bits per heavy atom. The maximum absolute atomic E-state index is 12.1. The standard InChI is InChI=1S/C18H20ClN3O3S/c19-14-3-1-13(2-4-14)16(23)5-6-17(24)21-18-20-15(12-26-18)11-22-7-9-25-10-8-22/h1-4,12H,5-11H2,(H,20,21,24). The fourth-order valence-corrected chi connectivity index (χ4v) is 3.46. The molecule has 138 valence electrons. The van der Waals surface area contributed by atoms with Crippen LogP contribution in [0.15, 0.2) is 29.6 Å². The molecule has 8 heteroatoms. The highest BCUT2D eigenvalue weighted by Gasteiger charge is 2.14. The zero-order valence-corrected chi connectivity index (χ0v) is 15.8. The van der Waals surface area contributed by atoms with Crippen LogP contribution in [0, 0.1) is 0 Å². The van der Waals surface area contributed by atoms with Gasteiger partial charge in [0.05, 0.1) is 18.9 Å². The predicted octanol–water partition coefficient (Wildman–Crippen LogP) is 3.23. The van der Waals surface area contributed by atoms with E-state index in [9.17, 15) is 9.59 Å². The lowest BCUT2D eigenvalue weighted by atomic mass is 10.1. The van der Waals surface area contributed by atoms with Crippen LogP contribution in [-0.4, -0.2) is 47.9 Å². The molecule has 1 aliphatic heterocycles. The number of carbonyl (C=O) groups is 2. The summed E-state index contributed by atoms with van der Waals surface area (Å²) in [6, 6.07) is 6.67. The molecule has 1 aliphatic rings. The number of hydrogen-bond donors (Lipinski definition) is 1. The minimum absolute atomic E-state index is 0.0797. The van der Waals surface area contributed by atoms with E-state index >= 15 is 0 Å². The molecule has 6 nitrogen and oxygen atoms in total. The van der Waals surface area contributed by atoms with Crippen LogP contribution in [-0.2, 0) is 16.1 Å².